The summed E-state index contributed by atoms with van der Waals surface area (Å²) in [4.78, 5) is 10.5. The van der Waals surface area contributed by atoms with Gasteiger partial charge in [-0.2, -0.15) is 15.0 Å². The smallest absolute Gasteiger partial charge is 0.226 e. The zero-order valence-electron chi connectivity index (χ0n) is 4.93. The summed E-state index contributed by atoms with van der Waals surface area (Å²) in [7, 11) is 0. The van der Waals surface area contributed by atoms with Crippen molar-refractivity contribution in [3.05, 3.63) is 0 Å². The number of nitrogens with two attached hydrogens (primary N) is 3. The Kier molecular flexibility index (Phi) is 3.62. The van der Waals surface area contributed by atoms with Gasteiger partial charge in [-0.3, -0.25) is 0 Å². The summed E-state index contributed by atoms with van der Waals surface area (Å²) in [6.45, 7) is 0. The van der Waals surface area contributed by atoms with Crippen molar-refractivity contribution in [2.75, 3.05) is 17.2 Å². The first-order chi connectivity index (χ1) is 4.18. The quantitative estimate of drug-likeness (QED) is 0.437. The summed E-state index contributed by atoms with van der Waals surface area (Å²) in [6.07, 6.45) is 0. The zero-order chi connectivity index (χ0) is 6.85. The van der Waals surface area contributed by atoms with Gasteiger partial charge in [0, 0.05) is 37.7 Å². The number of hydrogen-bond acceptors (Lipinski definition) is 6. The van der Waals surface area contributed by atoms with Crippen LogP contribution in [-0.2, 0) is 0 Å². The van der Waals surface area contributed by atoms with E-state index in [1.54, 1.807) is 0 Å². The predicted molar refractivity (Wildman–Crippen MR) is 33.1 cm³/mol. The third-order valence-corrected chi connectivity index (χ3v) is 0.687. The number of rotatable bonds is 0. The van der Waals surface area contributed by atoms with Gasteiger partial charge in [0.25, 0.3) is 0 Å². The average molecular weight is 166 g/mol. The summed E-state index contributed by atoms with van der Waals surface area (Å²) in [5.41, 5.74) is 15.4. The molecule has 0 aliphatic heterocycles. The fourth-order valence-corrected chi connectivity index (χ4v) is 0.427. The first-order valence-corrected chi connectivity index (χ1v) is 2.21. The summed E-state index contributed by atoms with van der Waals surface area (Å²) >= 11 is 0. The molecule has 7 heteroatoms. The van der Waals surface area contributed by atoms with E-state index in [-0.39, 0.29) is 55.6 Å². The van der Waals surface area contributed by atoms with E-state index in [4.69, 9.17) is 17.2 Å². The van der Waals surface area contributed by atoms with E-state index in [9.17, 15) is 0 Å². The Bertz CT molecular complexity index is 174. The fraction of sp³-hybridized carbons (Fsp3) is 0. The molecule has 0 aliphatic carbocycles. The van der Waals surface area contributed by atoms with Crippen molar-refractivity contribution in [1.29, 1.82) is 0 Å². The van der Waals surface area contributed by atoms with Crippen LogP contribution in [0.25, 0.3) is 0 Å². The zero-order valence-corrected chi connectivity index (χ0v) is 5.63. The van der Waals surface area contributed by atoms with Gasteiger partial charge in [-0.1, -0.05) is 0 Å². The van der Waals surface area contributed by atoms with Crippen molar-refractivity contribution in [3.63, 3.8) is 0 Å². The minimum Gasteiger partial charge on any atom is -0.368 e. The van der Waals surface area contributed by atoms with Gasteiger partial charge in [0.2, 0.25) is 17.8 Å². The maximum Gasteiger partial charge on any atom is 0.226 e. The number of nitrogen functional groups attached to an aromatic ring is 3. The van der Waals surface area contributed by atoms with E-state index in [0.717, 1.165) is 0 Å². The van der Waals surface area contributed by atoms with Crippen LogP contribution < -0.4 is 17.2 Å². The van der Waals surface area contributed by atoms with Gasteiger partial charge in [-0.15, -0.1) is 0 Å². The Balaban J connectivity index is 0.000000810. The molecule has 6 N–H and O–H groups in total. The predicted octanol–water partition coefficient (Wildman–Crippen LogP) is -1.38. The van der Waals surface area contributed by atoms with Crippen LogP contribution >= 0.6 is 0 Å². The topological polar surface area (TPSA) is 117 Å². The Labute approximate surface area is 87.2 Å². The molecule has 0 fully saturated rings. The molecular formula is C3H6ArN6. The molecule has 1 rings (SSSR count). The molecule has 0 atom stereocenters. The molecule has 0 bridgehead atoms. The van der Waals surface area contributed by atoms with E-state index < -0.39 is 0 Å². The summed E-state index contributed by atoms with van der Waals surface area (Å²) in [5.74, 6) is 0.125. The number of anilines is 3. The molecule has 0 aromatic carbocycles. The molecule has 0 spiro atoms. The molecule has 1 heterocycles. The molecule has 0 saturated carbocycles. The molecule has 0 aliphatic rings. The van der Waals surface area contributed by atoms with Crippen molar-refractivity contribution < 1.29 is 37.7 Å². The molecule has 1 aromatic rings. The van der Waals surface area contributed by atoms with Crippen LogP contribution in [0.2, 0.25) is 0 Å². The van der Waals surface area contributed by atoms with Crippen molar-refractivity contribution >= 4 is 17.8 Å². The van der Waals surface area contributed by atoms with Crippen LogP contribution in [-0.4, -0.2) is 15.0 Å². The first-order valence-electron chi connectivity index (χ1n) is 2.21. The maximum absolute atomic E-state index is 5.14. The van der Waals surface area contributed by atoms with Crippen LogP contribution in [0, 0.1) is 37.7 Å². The number of aromatic nitrogens is 3. The van der Waals surface area contributed by atoms with Gasteiger partial charge in [0.15, 0.2) is 0 Å². The van der Waals surface area contributed by atoms with Crippen molar-refractivity contribution in [2.45, 2.75) is 0 Å². The molecule has 10 heavy (non-hydrogen) atoms. The SMILES string of the molecule is Nc1nc(N)nc(N)n1.[Ar]. The minimum atomic E-state index is 0. The van der Waals surface area contributed by atoms with Crippen molar-refractivity contribution in [1.82, 2.24) is 15.0 Å². The molecular weight excluding hydrogens is 160 g/mol. The Morgan fingerprint density at radius 2 is 0.900 bits per heavy atom. The molecule has 0 radical (unpaired) electrons. The molecule has 0 amide bonds. The standard InChI is InChI=1S/C3H6N6.Ar/c4-1-7-2(5)9-3(6)8-1;/h(H6,4,5,6,7,8,9);. The summed E-state index contributed by atoms with van der Waals surface area (Å²) < 4.78 is 0. The molecule has 0 saturated heterocycles. The van der Waals surface area contributed by atoms with Gasteiger partial charge in [0.1, 0.15) is 0 Å². The Morgan fingerprint density at radius 3 is 1.10 bits per heavy atom. The van der Waals surface area contributed by atoms with Crippen molar-refractivity contribution in [2.24, 2.45) is 0 Å². The van der Waals surface area contributed by atoms with E-state index in [0.29, 0.717) is 0 Å². The second kappa shape index (κ2) is 3.74. The van der Waals surface area contributed by atoms with Crippen LogP contribution in [0.5, 0.6) is 0 Å². The minimum absolute atomic E-state index is 0. The van der Waals surface area contributed by atoms with Gasteiger partial charge in [0.05, 0.1) is 0 Å². The Morgan fingerprint density at radius 1 is 0.700 bits per heavy atom. The van der Waals surface area contributed by atoms with Crippen molar-refractivity contribution in [3.8, 4) is 0 Å². The second-order valence-corrected chi connectivity index (χ2v) is 1.41. The van der Waals surface area contributed by atoms with Crippen LogP contribution in [0.1, 0.15) is 0 Å². The number of hydrogen-bond donors (Lipinski definition) is 3. The van der Waals surface area contributed by atoms with E-state index in [1.165, 1.54) is 0 Å². The largest absolute Gasteiger partial charge is 0.368 e. The normalized spacial score (nSPS) is 8.40. The summed E-state index contributed by atoms with van der Waals surface area (Å²) in [5, 5.41) is 0. The van der Waals surface area contributed by atoms with Crippen LogP contribution in [0.4, 0.5) is 17.8 Å². The Hall–Kier alpha value is -0.330. The summed E-state index contributed by atoms with van der Waals surface area (Å²) in [6, 6.07) is 0. The third-order valence-electron chi connectivity index (χ3n) is 0.687. The fourth-order valence-electron chi connectivity index (χ4n) is 0.427. The average Bonchev–Trinajstić information content (AvgIpc) is 1.59. The van der Waals surface area contributed by atoms with Gasteiger partial charge < -0.3 is 17.2 Å². The van der Waals surface area contributed by atoms with Gasteiger partial charge in [-0.05, 0) is 0 Å². The van der Waals surface area contributed by atoms with Crippen LogP contribution in [0.3, 0.4) is 0 Å². The molecule has 6 nitrogen and oxygen atoms in total. The third kappa shape index (κ3) is 2.51. The molecule has 0 unspecified atom stereocenters. The first kappa shape index (κ1) is 9.67. The maximum atomic E-state index is 5.14. The monoisotopic (exact) mass is 166 g/mol. The molecule has 56 valence electrons. The van der Waals surface area contributed by atoms with E-state index >= 15 is 0 Å². The van der Waals surface area contributed by atoms with Crippen LogP contribution in [0.15, 0.2) is 0 Å². The molecule has 1 aromatic heterocycles. The van der Waals surface area contributed by atoms with Gasteiger partial charge >= 0.3 is 0 Å². The number of nitrogens with zero attached hydrogens (tertiary/aromatic N) is 3. The van der Waals surface area contributed by atoms with E-state index in [2.05, 4.69) is 15.0 Å². The van der Waals surface area contributed by atoms with Gasteiger partial charge in [-0.25, -0.2) is 0 Å². The second-order valence-electron chi connectivity index (χ2n) is 1.41. The van der Waals surface area contributed by atoms with E-state index in [1.807, 2.05) is 0 Å².